The summed E-state index contributed by atoms with van der Waals surface area (Å²) in [5, 5.41) is 4.26. The molecule has 6 heteroatoms. The topological polar surface area (TPSA) is 58.4 Å². The van der Waals surface area contributed by atoms with Crippen molar-refractivity contribution in [3.8, 4) is 28.9 Å². The van der Waals surface area contributed by atoms with Gasteiger partial charge in [-0.25, -0.2) is 4.68 Å². The smallest absolute Gasteiger partial charge is 0.246 e. The van der Waals surface area contributed by atoms with Crippen molar-refractivity contribution in [2.75, 3.05) is 0 Å². The van der Waals surface area contributed by atoms with Gasteiger partial charge in [0, 0.05) is 26.1 Å². The van der Waals surface area contributed by atoms with Crippen molar-refractivity contribution in [3.05, 3.63) is 54.4 Å². The molecule has 3 heterocycles. The second kappa shape index (κ2) is 5.26. The van der Waals surface area contributed by atoms with E-state index in [1.807, 2.05) is 57.3 Å². The van der Waals surface area contributed by atoms with Crippen LogP contribution in [-0.2, 0) is 0 Å². The van der Waals surface area contributed by atoms with Crippen molar-refractivity contribution in [3.63, 3.8) is 0 Å². The highest BCUT2D eigenvalue weighted by Crippen LogP contribution is 2.46. The summed E-state index contributed by atoms with van der Waals surface area (Å²) in [5.74, 6) is 2.26. The van der Waals surface area contributed by atoms with Gasteiger partial charge in [0.15, 0.2) is 17.3 Å². The van der Waals surface area contributed by atoms with Gasteiger partial charge in [0.05, 0.1) is 6.20 Å². The van der Waals surface area contributed by atoms with Gasteiger partial charge in [0.25, 0.3) is 0 Å². The predicted molar refractivity (Wildman–Crippen MR) is 87.9 cm³/mol. The molecule has 0 atom stereocenters. The fourth-order valence-corrected chi connectivity index (χ4v) is 2.53. The van der Waals surface area contributed by atoms with Gasteiger partial charge in [-0.2, -0.15) is 10.1 Å². The number of benzene rings is 1. The zero-order valence-corrected chi connectivity index (χ0v) is 13.7. The molecule has 0 fully saturated rings. The fraction of sp³-hybridized carbons (Fsp3) is 0.222. The molecule has 3 aromatic rings. The van der Waals surface area contributed by atoms with Crippen molar-refractivity contribution >= 4 is 0 Å². The molecule has 0 spiro atoms. The lowest BCUT2D eigenvalue weighted by molar-refractivity contribution is -0.0438. The zero-order chi connectivity index (χ0) is 16.7. The first-order chi connectivity index (χ1) is 11.5. The maximum absolute atomic E-state index is 5.93. The van der Waals surface area contributed by atoms with Crippen LogP contribution in [0.2, 0.25) is 0 Å². The summed E-state index contributed by atoms with van der Waals surface area (Å²) in [6.45, 7) is 5.70. The quantitative estimate of drug-likeness (QED) is 0.732. The van der Waals surface area contributed by atoms with E-state index in [0.29, 0.717) is 28.9 Å². The number of rotatable bonds is 3. The molecule has 2 aromatic heterocycles. The molecule has 4 rings (SSSR count). The molecule has 0 radical (unpaired) electrons. The molecule has 0 unspecified atom stereocenters. The predicted octanol–water partition coefficient (Wildman–Crippen LogP) is 3.88. The summed E-state index contributed by atoms with van der Waals surface area (Å²) >= 11 is 0. The monoisotopic (exact) mass is 323 g/mol. The second-order valence-corrected chi connectivity index (χ2v) is 6.09. The van der Waals surface area contributed by atoms with Gasteiger partial charge in [-0.05, 0) is 30.7 Å². The van der Waals surface area contributed by atoms with Crippen LogP contribution in [0.15, 0.2) is 48.8 Å². The first-order valence-electron chi connectivity index (χ1n) is 7.68. The SMILES string of the molecule is Cc1cnn(-c2cccc(Oc3cccc4c3OC(C)(C)O4)n2)c1. The van der Waals surface area contributed by atoms with Gasteiger partial charge < -0.3 is 14.2 Å². The van der Waals surface area contributed by atoms with E-state index in [9.17, 15) is 0 Å². The average Bonchev–Trinajstić information content (AvgIpc) is 3.10. The number of pyridine rings is 1. The van der Waals surface area contributed by atoms with Crippen LogP contribution < -0.4 is 14.2 Å². The molecule has 0 amide bonds. The number of para-hydroxylation sites is 1. The Labute approximate surface area is 139 Å². The number of hydrogen-bond donors (Lipinski definition) is 0. The van der Waals surface area contributed by atoms with Crippen LogP contribution in [0.1, 0.15) is 19.4 Å². The molecule has 0 N–H and O–H groups in total. The van der Waals surface area contributed by atoms with Crippen molar-refractivity contribution in [1.29, 1.82) is 0 Å². The first kappa shape index (κ1) is 14.6. The van der Waals surface area contributed by atoms with E-state index in [-0.39, 0.29) is 0 Å². The molecule has 0 saturated heterocycles. The Hall–Kier alpha value is -3.02. The average molecular weight is 323 g/mol. The number of fused-ring (bicyclic) bond motifs is 1. The van der Waals surface area contributed by atoms with Gasteiger partial charge in [0.2, 0.25) is 17.4 Å². The zero-order valence-electron chi connectivity index (χ0n) is 13.7. The Bertz CT molecular complexity index is 902. The second-order valence-electron chi connectivity index (χ2n) is 6.09. The summed E-state index contributed by atoms with van der Waals surface area (Å²) in [4.78, 5) is 4.50. The van der Waals surface area contributed by atoms with E-state index in [1.54, 1.807) is 16.9 Å². The third-order valence-electron chi connectivity index (χ3n) is 3.52. The number of hydrogen-bond acceptors (Lipinski definition) is 5. The lowest BCUT2D eigenvalue weighted by Crippen LogP contribution is -2.29. The summed E-state index contributed by atoms with van der Waals surface area (Å²) in [5.41, 5.74) is 1.07. The van der Waals surface area contributed by atoms with E-state index in [4.69, 9.17) is 14.2 Å². The molecule has 122 valence electrons. The minimum absolute atomic E-state index is 0.461. The maximum atomic E-state index is 5.93. The van der Waals surface area contributed by atoms with E-state index >= 15 is 0 Å². The van der Waals surface area contributed by atoms with E-state index in [0.717, 1.165) is 5.56 Å². The lowest BCUT2D eigenvalue weighted by Gasteiger charge is -2.16. The molecular formula is C18H17N3O3. The van der Waals surface area contributed by atoms with Crippen LogP contribution >= 0.6 is 0 Å². The highest BCUT2D eigenvalue weighted by Gasteiger charge is 2.34. The molecule has 24 heavy (non-hydrogen) atoms. The van der Waals surface area contributed by atoms with Crippen molar-refractivity contribution < 1.29 is 14.2 Å². The third-order valence-corrected chi connectivity index (χ3v) is 3.52. The van der Waals surface area contributed by atoms with Gasteiger partial charge >= 0.3 is 0 Å². The molecular weight excluding hydrogens is 306 g/mol. The maximum Gasteiger partial charge on any atom is 0.246 e. The summed E-state index contributed by atoms with van der Waals surface area (Å²) < 4.78 is 19.2. The van der Waals surface area contributed by atoms with Crippen molar-refractivity contribution in [2.24, 2.45) is 0 Å². The summed E-state index contributed by atoms with van der Waals surface area (Å²) in [7, 11) is 0. The van der Waals surface area contributed by atoms with Gasteiger partial charge in [0.1, 0.15) is 0 Å². The number of aromatic nitrogens is 3. The molecule has 1 aromatic carbocycles. The highest BCUT2D eigenvalue weighted by atomic mass is 16.7. The highest BCUT2D eigenvalue weighted by molar-refractivity contribution is 5.54. The number of ether oxygens (including phenoxy) is 3. The summed E-state index contributed by atoms with van der Waals surface area (Å²) in [6.07, 6.45) is 3.69. The van der Waals surface area contributed by atoms with Crippen LogP contribution in [0.4, 0.5) is 0 Å². The molecule has 0 aliphatic carbocycles. The van der Waals surface area contributed by atoms with Gasteiger partial charge in [-0.3, -0.25) is 0 Å². The van der Waals surface area contributed by atoms with E-state index < -0.39 is 5.79 Å². The minimum atomic E-state index is -0.705. The number of aryl methyl sites for hydroxylation is 1. The molecule has 6 nitrogen and oxygen atoms in total. The normalized spacial score (nSPS) is 14.6. The largest absolute Gasteiger partial charge is 0.449 e. The Morgan fingerprint density at radius 2 is 1.92 bits per heavy atom. The molecule has 0 bridgehead atoms. The van der Waals surface area contributed by atoms with Crippen LogP contribution in [-0.4, -0.2) is 20.6 Å². The van der Waals surface area contributed by atoms with Gasteiger partial charge in [-0.1, -0.05) is 12.1 Å². The Morgan fingerprint density at radius 1 is 1.08 bits per heavy atom. The molecule has 0 saturated carbocycles. The molecule has 1 aliphatic heterocycles. The summed E-state index contributed by atoms with van der Waals surface area (Å²) in [6, 6.07) is 11.1. The standard InChI is InChI=1S/C18H17N3O3/c1-12-10-19-21(11-12)15-8-5-9-16(20-15)22-13-6-4-7-14-17(13)24-18(2,3)23-14/h4-11H,1-3H3. The Morgan fingerprint density at radius 3 is 2.71 bits per heavy atom. The van der Waals surface area contributed by atoms with Crippen LogP contribution in [0.25, 0.3) is 5.82 Å². The van der Waals surface area contributed by atoms with Crippen LogP contribution in [0.3, 0.4) is 0 Å². The van der Waals surface area contributed by atoms with Crippen LogP contribution in [0.5, 0.6) is 23.1 Å². The van der Waals surface area contributed by atoms with E-state index in [1.165, 1.54) is 0 Å². The van der Waals surface area contributed by atoms with Crippen molar-refractivity contribution in [1.82, 2.24) is 14.8 Å². The number of nitrogens with zero attached hydrogens (tertiary/aromatic N) is 3. The fourth-order valence-electron chi connectivity index (χ4n) is 2.53. The van der Waals surface area contributed by atoms with Gasteiger partial charge in [-0.15, -0.1) is 0 Å². The Balaban J connectivity index is 1.65. The minimum Gasteiger partial charge on any atom is -0.449 e. The third kappa shape index (κ3) is 2.67. The molecule has 1 aliphatic rings. The lowest BCUT2D eigenvalue weighted by atomic mass is 10.3. The first-order valence-corrected chi connectivity index (χ1v) is 7.68. The van der Waals surface area contributed by atoms with Crippen LogP contribution in [0, 0.1) is 6.92 Å². The van der Waals surface area contributed by atoms with E-state index in [2.05, 4.69) is 10.1 Å². The Kier molecular flexibility index (Phi) is 3.19. The van der Waals surface area contributed by atoms with Crippen molar-refractivity contribution in [2.45, 2.75) is 26.6 Å².